The molecule has 0 atom stereocenters. The minimum Gasteiger partial charge on any atom is -0.348 e. The summed E-state index contributed by atoms with van der Waals surface area (Å²) in [6.45, 7) is 3.17. The summed E-state index contributed by atoms with van der Waals surface area (Å²) in [7, 11) is 0. The molecule has 1 aliphatic carbocycles. The predicted octanol–water partition coefficient (Wildman–Crippen LogP) is 4.82. The van der Waals surface area contributed by atoms with Gasteiger partial charge in [-0.25, -0.2) is 9.67 Å². The minimum absolute atomic E-state index is 0.00336. The van der Waals surface area contributed by atoms with Gasteiger partial charge in [0.2, 0.25) is 0 Å². The maximum atomic E-state index is 13.3. The van der Waals surface area contributed by atoms with Gasteiger partial charge in [0.15, 0.2) is 5.69 Å². The van der Waals surface area contributed by atoms with E-state index in [1.165, 1.54) is 0 Å². The molecule has 2 aliphatic rings. The normalized spacial score (nSPS) is 16.2. The lowest BCUT2D eigenvalue weighted by molar-refractivity contribution is 0.0698. The Kier molecular flexibility index (Phi) is 6.12. The second-order valence-electron chi connectivity index (χ2n) is 9.89. The Labute approximate surface area is 219 Å². The van der Waals surface area contributed by atoms with E-state index in [1.807, 2.05) is 60.4 Å². The van der Waals surface area contributed by atoms with Crippen molar-refractivity contribution < 1.29 is 9.59 Å². The molecule has 0 bridgehead atoms. The molecule has 2 aromatic heterocycles. The van der Waals surface area contributed by atoms with Gasteiger partial charge in [-0.05, 0) is 56.4 Å². The number of piperidine rings is 1. The first kappa shape index (κ1) is 23.6. The zero-order valence-electron chi connectivity index (χ0n) is 20.5. The number of carbonyl (C=O) groups excluding carboxylic acids is 2. The number of hydrogen-bond acceptors (Lipinski definition) is 5. The van der Waals surface area contributed by atoms with Crippen LogP contribution >= 0.6 is 11.6 Å². The fourth-order valence-corrected chi connectivity index (χ4v) is 5.15. The number of fused-ring (bicyclic) bond motifs is 1. The molecular formula is C28H27ClN6O2. The molecular weight excluding hydrogens is 488 g/mol. The third kappa shape index (κ3) is 4.81. The standard InChI is InChI=1S/C28H27ClN6O2/c1-17-4-2-3-5-21(17)25-15-23(29)22-9-6-18(14-24(22)31-25)28(37)34-12-10-19(11-13-34)30-27(36)26-16-35(33-32-26)20-7-8-20/h2-6,9,14-16,19-20H,7-8,10-13H2,1H3,(H,30,36). The highest BCUT2D eigenvalue weighted by molar-refractivity contribution is 6.35. The largest absolute Gasteiger partial charge is 0.348 e. The summed E-state index contributed by atoms with van der Waals surface area (Å²) in [6.07, 6.45) is 5.26. The zero-order valence-corrected chi connectivity index (χ0v) is 21.3. The van der Waals surface area contributed by atoms with Crippen LogP contribution in [0, 0.1) is 6.92 Å². The van der Waals surface area contributed by atoms with Gasteiger partial charge in [0.25, 0.3) is 11.8 Å². The van der Waals surface area contributed by atoms with Crippen LogP contribution in [0.15, 0.2) is 54.7 Å². The first-order valence-corrected chi connectivity index (χ1v) is 13.0. The van der Waals surface area contributed by atoms with E-state index < -0.39 is 0 Å². The summed E-state index contributed by atoms with van der Waals surface area (Å²) < 4.78 is 1.77. The van der Waals surface area contributed by atoms with Crippen molar-refractivity contribution in [1.29, 1.82) is 0 Å². The maximum absolute atomic E-state index is 13.3. The number of hydrogen-bond donors (Lipinski definition) is 1. The number of likely N-dealkylation sites (tertiary alicyclic amines) is 1. The molecule has 1 N–H and O–H groups in total. The van der Waals surface area contributed by atoms with Gasteiger partial charge in [0, 0.05) is 35.6 Å². The molecule has 6 rings (SSSR count). The summed E-state index contributed by atoms with van der Waals surface area (Å²) in [4.78, 5) is 32.6. The van der Waals surface area contributed by atoms with E-state index in [-0.39, 0.29) is 17.9 Å². The van der Waals surface area contributed by atoms with Gasteiger partial charge in [0.1, 0.15) is 0 Å². The molecule has 188 valence electrons. The van der Waals surface area contributed by atoms with E-state index in [4.69, 9.17) is 16.6 Å². The Balaban J connectivity index is 1.13. The number of aryl methyl sites for hydroxylation is 1. The van der Waals surface area contributed by atoms with E-state index in [0.29, 0.717) is 53.8 Å². The Morgan fingerprint density at radius 1 is 1.03 bits per heavy atom. The van der Waals surface area contributed by atoms with Crippen LogP contribution < -0.4 is 5.32 Å². The Hall–Kier alpha value is -3.78. The smallest absolute Gasteiger partial charge is 0.273 e. The molecule has 1 saturated heterocycles. The van der Waals surface area contributed by atoms with Gasteiger partial charge >= 0.3 is 0 Å². The van der Waals surface area contributed by atoms with Crippen molar-refractivity contribution in [2.75, 3.05) is 13.1 Å². The highest BCUT2D eigenvalue weighted by Gasteiger charge is 2.28. The number of rotatable bonds is 5. The second-order valence-corrected chi connectivity index (χ2v) is 10.3. The quantitative estimate of drug-likeness (QED) is 0.412. The first-order valence-electron chi connectivity index (χ1n) is 12.6. The molecule has 2 amide bonds. The molecule has 9 heteroatoms. The highest BCUT2D eigenvalue weighted by atomic mass is 35.5. The molecule has 1 aliphatic heterocycles. The lowest BCUT2D eigenvalue weighted by Crippen LogP contribution is -2.46. The lowest BCUT2D eigenvalue weighted by Gasteiger charge is -2.32. The number of benzene rings is 2. The van der Waals surface area contributed by atoms with Crippen LogP contribution in [0.1, 0.15) is 58.1 Å². The van der Waals surface area contributed by atoms with Crippen molar-refractivity contribution in [2.45, 2.75) is 44.7 Å². The van der Waals surface area contributed by atoms with Gasteiger partial charge in [-0.2, -0.15) is 0 Å². The van der Waals surface area contributed by atoms with Crippen molar-refractivity contribution >= 4 is 34.3 Å². The van der Waals surface area contributed by atoms with Crippen LogP contribution in [0.5, 0.6) is 0 Å². The molecule has 37 heavy (non-hydrogen) atoms. The van der Waals surface area contributed by atoms with Crippen molar-refractivity contribution in [3.8, 4) is 11.3 Å². The summed E-state index contributed by atoms with van der Waals surface area (Å²) in [6, 6.07) is 15.8. The van der Waals surface area contributed by atoms with Gasteiger partial charge in [0.05, 0.1) is 28.5 Å². The predicted molar refractivity (Wildman–Crippen MR) is 142 cm³/mol. The van der Waals surface area contributed by atoms with Crippen molar-refractivity contribution in [3.63, 3.8) is 0 Å². The van der Waals surface area contributed by atoms with Gasteiger partial charge in [-0.3, -0.25) is 9.59 Å². The van der Waals surface area contributed by atoms with Crippen LogP contribution in [-0.4, -0.2) is 55.8 Å². The van der Waals surface area contributed by atoms with E-state index in [1.54, 1.807) is 10.9 Å². The van der Waals surface area contributed by atoms with E-state index in [9.17, 15) is 9.59 Å². The van der Waals surface area contributed by atoms with E-state index in [2.05, 4.69) is 15.6 Å². The van der Waals surface area contributed by atoms with Gasteiger partial charge in [-0.1, -0.05) is 47.1 Å². The molecule has 8 nitrogen and oxygen atoms in total. The van der Waals surface area contributed by atoms with Crippen LogP contribution in [-0.2, 0) is 0 Å². The molecule has 3 heterocycles. The molecule has 2 fully saturated rings. The summed E-state index contributed by atoms with van der Waals surface area (Å²) in [5.74, 6) is -0.253. The van der Waals surface area contributed by atoms with Gasteiger partial charge in [-0.15, -0.1) is 5.10 Å². The topological polar surface area (TPSA) is 93.0 Å². The average Bonchev–Trinajstić information content (AvgIpc) is 3.64. The third-order valence-corrected chi connectivity index (χ3v) is 7.52. The van der Waals surface area contributed by atoms with Crippen LogP contribution in [0.2, 0.25) is 5.02 Å². The minimum atomic E-state index is -0.210. The maximum Gasteiger partial charge on any atom is 0.273 e. The summed E-state index contributed by atoms with van der Waals surface area (Å²) >= 11 is 6.59. The molecule has 1 saturated carbocycles. The van der Waals surface area contributed by atoms with E-state index in [0.717, 1.165) is 35.0 Å². The number of nitrogens with one attached hydrogen (secondary N) is 1. The monoisotopic (exact) mass is 514 g/mol. The summed E-state index contributed by atoms with van der Waals surface area (Å²) in [5, 5.41) is 12.5. The van der Waals surface area contributed by atoms with Crippen LogP contribution in [0.25, 0.3) is 22.2 Å². The molecule has 0 unspecified atom stereocenters. The third-order valence-electron chi connectivity index (χ3n) is 7.21. The highest BCUT2D eigenvalue weighted by Crippen LogP contribution is 2.34. The van der Waals surface area contributed by atoms with Crippen LogP contribution in [0.3, 0.4) is 0 Å². The Bertz CT molecular complexity index is 1500. The second kappa shape index (κ2) is 9.59. The van der Waals surface area contributed by atoms with Crippen molar-refractivity contribution in [2.24, 2.45) is 0 Å². The first-order chi connectivity index (χ1) is 18.0. The van der Waals surface area contributed by atoms with Gasteiger partial charge < -0.3 is 10.2 Å². The Morgan fingerprint density at radius 3 is 2.57 bits per heavy atom. The fraction of sp³-hybridized carbons (Fsp3) is 0.321. The number of nitrogens with zero attached hydrogens (tertiary/aromatic N) is 5. The summed E-state index contributed by atoms with van der Waals surface area (Å²) in [5.41, 5.74) is 4.53. The fourth-order valence-electron chi connectivity index (χ4n) is 4.88. The Morgan fingerprint density at radius 2 is 1.81 bits per heavy atom. The number of pyridine rings is 1. The molecule has 0 radical (unpaired) electrons. The van der Waals surface area contributed by atoms with Crippen LogP contribution in [0.4, 0.5) is 0 Å². The SMILES string of the molecule is Cc1ccccc1-c1cc(Cl)c2ccc(C(=O)N3CCC(NC(=O)c4cn(C5CC5)nn4)CC3)cc2n1. The average molecular weight is 515 g/mol. The van der Waals surface area contributed by atoms with Crippen molar-refractivity contribution in [1.82, 2.24) is 30.2 Å². The molecule has 4 aromatic rings. The number of halogens is 1. The lowest BCUT2D eigenvalue weighted by atomic mass is 10.0. The zero-order chi connectivity index (χ0) is 25.5. The molecule has 2 aromatic carbocycles. The number of carbonyl (C=O) groups is 2. The van der Waals surface area contributed by atoms with E-state index >= 15 is 0 Å². The number of aromatic nitrogens is 4. The number of amides is 2. The van der Waals surface area contributed by atoms with Crippen molar-refractivity contribution in [3.05, 3.63) is 76.6 Å². The molecule has 0 spiro atoms.